The molecule has 0 saturated carbocycles. The summed E-state index contributed by atoms with van der Waals surface area (Å²) < 4.78 is 43.2. The van der Waals surface area contributed by atoms with E-state index >= 15 is 0 Å². The highest BCUT2D eigenvalue weighted by Crippen LogP contribution is 2.30. The fourth-order valence-electron chi connectivity index (χ4n) is 2.38. The van der Waals surface area contributed by atoms with Gasteiger partial charge in [-0.2, -0.15) is 13.2 Å². The molecular formula is C19H16F3N5O3S. The monoisotopic (exact) mass is 451 g/mol. The summed E-state index contributed by atoms with van der Waals surface area (Å²) >= 11 is 0.972. The van der Waals surface area contributed by atoms with E-state index in [1.807, 2.05) is 0 Å². The van der Waals surface area contributed by atoms with E-state index in [0.29, 0.717) is 16.4 Å². The van der Waals surface area contributed by atoms with Gasteiger partial charge >= 0.3 is 12.2 Å². The lowest BCUT2D eigenvalue weighted by Gasteiger charge is -2.10. The highest BCUT2D eigenvalue weighted by molar-refractivity contribution is 7.13. The predicted octanol–water partition coefficient (Wildman–Crippen LogP) is 4.14. The fraction of sp³-hybridized carbons (Fsp3) is 0.158. The van der Waals surface area contributed by atoms with Gasteiger partial charge in [-0.3, -0.25) is 4.79 Å². The van der Waals surface area contributed by atoms with Crippen molar-refractivity contribution in [2.75, 3.05) is 17.7 Å². The number of hydrogen-bond acceptors (Lipinski definition) is 6. The van der Waals surface area contributed by atoms with Crippen LogP contribution < -0.4 is 20.7 Å². The first-order valence-corrected chi connectivity index (χ1v) is 9.56. The minimum absolute atomic E-state index is 0.0100. The molecule has 0 saturated heterocycles. The van der Waals surface area contributed by atoms with Crippen molar-refractivity contribution in [1.82, 2.24) is 15.5 Å². The van der Waals surface area contributed by atoms with Gasteiger partial charge in [0, 0.05) is 11.4 Å². The molecule has 12 heteroatoms. The van der Waals surface area contributed by atoms with Crippen molar-refractivity contribution >= 4 is 34.6 Å². The third-order valence-corrected chi connectivity index (χ3v) is 4.78. The molecule has 0 aliphatic heterocycles. The van der Waals surface area contributed by atoms with E-state index < -0.39 is 23.7 Å². The average molecular weight is 451 g/mol. The summed E-state index contributed by atoms with van der Waals surface area (Å²) in [6.07, 6.45) is -4.51. The van der Waals surface area contributed by atoms with E-state index in [0.717, 1.165) is 23.5 Å². The molecule has 3 rings (SSSR count). The van der Waals surface area contributed by atoms with E-state index in [-0.39, 0.29) is 17.2 Å². The predicted molar refractivity (Wildman–Crippen MR) is 108 cm³/mol. The Bertz CT molecular complexity index is 1070. The topological polar surface area (TPSA) is 105 Å². The fourth-order valence-corrected chi connectivity index (χ4v) is 3.05. The molecule has 0 aliphatic carbocycles. The quantitative estimate of drug-likeness (QED) is 0.523. The summed E-state index contributed by atoms with van der Waals surface area (Å²) in [5.74, 6) is 0.174. The largest absolute Gasteiger partial charge is 0.497 e. The molecule has 1 aromatic heterocycles. The highest BCUT2D eigenvalue weighted by Gasteiger charge is 2.30. The molecule has 3 amide bonds. The Morgan fingerprint density at radius 2 is 1.77 bits per heavy atom. The van der Waals surface area contributed by atoms with E-state index in [2.05, 4.69) is 26.1 Å². The van der Waals surface area contributed by atoms with Crippen molar-refractivity contribution in [2.24, 2.45) is 0 Å². The van der Waals surface area contributed by atoms with Crippen molar-refractivity contribution < 1.29 is 27.5 Å². The zero-order valence-corrected chi connectivity index (χ0v) is 16.8. The number of carbonyl (C=O) groups is 2. The smallest absolute Gasteiger partial charge is 0.416 e. The van der Waals surface area contributed by atoms with Gasteiger partial charge in [-0.1, -0.05) is 17.4 Å². The molecule has 8 nitrogen and oxygen atoms in total. The molecule has 0 fully saturated rings. The number of rotatable bonds is 6. The van der Waals surface area contributed by atoms with Gasteiger partial charge in [-0.25, -0.2) is 4.79 Å². The van der Waals surface area contributed by atoms with Crippen molar-refractivity contribution in [2.45, 2.75) is 12.7 Å². The van der Waals surface area contributed by atoms with Gasteiger partial charge in [-0.05, 0) is 42.5 Å². The molecule has 0 radical (unpaired) electrons. The van der Waals surface area contributed by atoms with Gasteiger partial charge in [0.1, 0.15) is 10.8 Å². The maximum Gasteiger partial charge on any atom is 0.416 e. The first-order valence-electron chi connectivity index (χ1n) is 8.74. The number of hydrogen-bond donors (Lipinski definition) is 3. The number of amides is 3. The number of anilines is 2. The lowest BCUT2D eigenvalue weighted by Crippen LogP contribution is -2.28. The van der Waals surface area contributed by atoms with Gasteiger partial charge in [-0.15, -0.1) is 10.2 Å². The van der Waals surface area contributed by atoms with Crippen LogP contribution in [0.4, 0.5) is 29.3 Å². The summed E-state index contributed by atoms with van der Waals surface area (Å²) in [4.78, 5) is 24.2. The highest BCUT2D eigenvalue weighted by atomic mass is 32.1. The van der Waals surface area contributed by atoms with Crippen LogP contribution in [0.25, 0.3) is 0 Å². The van der Waals surface area contributed by atoms with Gasteiger partial charge in [0.15, 0.2) is 0 Å². The Labute approximate surface area is 178 Å². The molecule has 0 aliphatic rings. The molecule has 3 aromatic rings. The van der Waals surface area contributed by atoms with Crippen LogP contribution in [0.3, 0.4) is 0 Å². The van der Waals surface area contributed by atoms with E-state index in [1.165, 1.54) is 19.2 Å². The third-order valence-electron chi connectivity index (χ3n) is 3.86. The second kappa shape index (κ2) is 9.43. The van der Waals surface area contributed by atoms with Crippen LogP contribution in [-0.4, -0.2) is 29.2 Å². The van der Waals surface area contributed by atoms with Crippen LogP contribution in [0.2, 0.25) is 0 Å². The Kier molecular flexibility index (Phi) is 6.70. The van der Waals surface area contributed by atoms with E-state index in [4.69, 9.17) is 4.74 Å². The number of urea groups is 1. The number of halogens is 3. The summed E-state index contributed by atoms with van der Waals surface area (Å²) in [7, 11) is 1.53. The van der Waals surface area contributed by atoms with Crippen LogP contribution in [0.5, 0.6) is 5.75 Å². The Morgan fingerprint density at radius 3 is 2.45 bits per heavy atom. The van der Waals surface area contributed by atoms with Gasteiger partial charge in [0.05, 0.1) is 19.2 Å². The van der Waals surface area contributed by atoms with Crippen LogP contribution >= 0.6 is 11.3 Å². The van der Waals surface area contributed by atoms with Gasteiger partial charge < -0.3 is 20.7 Å². The summed E-state index contributed by atoms with van der Waals surface area (Å²) in [5.41, 5.74) is -0.341. The Hall–Kier alpha value is -3.67. The van der Waals surface area contributed by atoms with Crippen molar-refractivity contribution in [3.05, 3.63) is 64.1 Å². The number of ether oxygens (including phenoxy) is 1. The van der Waals surface area contributed by atoms with Crippen molar-refractivity contribution in [3.8, 4) is 5.75 Å². The molecule has 31 heavy (non-hydrogen) atoms. The first-order chi connectivity index (χ1) is 14.7. The first kappa shape index (κ1) is 22.0. The van der Waals surface area contributed by atoms with Crippen LogP contribution in [-0.2, 0) is 12.7 Å². The normalized spacial score (nSPS) is 11.0. The number of benzene rings is 2. The Morgan fingerprint density at radius 1 is 1.03 bits per heavy atom. The van der Waals surface area contributed by atoms with Gasteiger partial charge in [0.2, 0.25) is 5.01 Å². The Balaban J connectivity index is 1.52. The average Bonchev–Trinajstić information content (AvgIpc) is 3.22. The minimum Gasteiger partial charge on any atom is -0.497 e. The summed E-state index contributed by atoms with van der Waals surface area (Å²) in [6, 6.07) is 10.2. The maximum atomic E-state index is 12.7. The van der Waals surface area contributed by atoms with Gasteiger partial charge in [0.25, 0.3) is 5.91 Å². The van der Waals surface area contributed by atoms with Crippen LogP contribution in [0.1, 0.15) is 20.4 Å². The SMILES string of the molecule is COc1ccc(NC(=O)c2nnc(CNC(=O)Nc3cccc(C(F)(F)F)c3)s2)cc1. The number of nitrogens with zero attached hydrogens (tertiary/aromatic N) is 2. The standard InChI is InChI=1S/C19H16F3N5O3S/c1-30-14-7-5-12(6-8-14)24-16(28)17-27-26-15(31-17)10-23-18(29)25-13-4-2-3-11(9-13)19(20,21)22/h2-9H,10H2,1H3,(H,24,28)(H2,23,25,29). The van der Waals surface area contributed by atoms with Crippen LogP contribution in [0, 0.1) is 0 Å². The molecule has 1 heterocycles. The number of alkyl halides is 3. The molecule has 0 unspecified atom stereocenters. The van der Waals surface area contributed by atoms with E-state index in [9.17, 15) is 22.8 Å². The molecule has 0 bridgehead atoms. The summed E-state index contributed by atoms with van der Waals surface area (Å²) in [6.45, 7) is -0.0573. The number of methoxy groups -OCH3 is 1. The van der Waals surface area contributed by atoms with Crippen molar-refractivity contribution in [1.29, 1.82) is 0 Å². The zero-order chi connectivity index (χ0) is 22.4. The molecule has 3 N–H and O–H groups in total. The maximum absolute atomic E-state index is 12.7. The lowest BCUT2D eigenvalue weighted by molar-refractivity contribution is -0.137. The second-order valence-corrected chi connectivity index (χ2v) is 7.13. The van der Waals surface area contributed by atoms with Crippen molar-refractivity contribution in [3.63, 3.8) is 0 Å². The van der Waals surface area contributed by atoms with Crippen LogP contribution in [0.15, 0.2) is 48.5 Å². The molecule has 0 spiro atoms. The lowest BCUT2D eigenvalue weighted by atomic mass is 10.2. The number of carbonyl (C=O) groups excluding carboxylic acids is 2. The minimum atomic E-state index is -4.51. The van der Waals surface area contributed by atoms with E-state index in [1.54, 1.807) is 24.3 Å². The summed E-state index contributed by atoms with van der Waals surface area (Å²) in [5, 5.41) is 15.5. The molecule has 162 valence electrons. The third kappa shape index (κ3) is 6.15. The molecular weight excluding hydrogens is 435 g/mol. The zero-order valence-electron chi connectivity index (χ0n) is 16.0. The number of nitrogens with one attached hydrogen (secondary N) is 3. The molecule has 0 atom stereocenters. The number of aromatic nitrogens is 2. The molecule has 2 aromatic carbocycles. The second-order valence-electron chi connectivity index (χ2n) is 6.07.